The lowest BCUT2D eigenvalue weighted by atomic mass is 10.0. The first-order valence-corrected chi connectivity index (χ1v) is 7.02. The summed E-state index contributed by atoms with van der Waals surface area (Å²) < 4.78 is 5.47. The molecule has 1 aromatic heterocycles. The van der Waals surface area contributed by atoms with Gasteiger partial charge in [-0.25, -0.2) is 0 Å². The SMILES string of the molecule is COc1ccc(C)cc1C(C)Nc1cccc2cn[nH]c12. The Labute approximate surface area is 124 Å². The van der Waals surface area contributed by atoms with Crippen molar-refractivity contribution in [3.63, 3.8) is 0 Å². The van der Waals surface area contributed by atoms with Crippen molar-refractivity contribution in [2.45, 2.75) is 19.9 Å². The van der Waals surface area contributed by atoms with E-state index in [1.165, 1.54) is 5.56 Å². The van der Waals surface area contributed by atoms with Crippen molar-refractivity contribution in [3.8, 4) is 5.75 Å². The molecule has 4 heteroatoms. The Morgan fingerprint density at radius 1 is 1.24 bits per heavy atom. The van der Waals surface area contributed by atoms with Crippen LogP contribution < -0.4 is 10.1 Å². The molecule has 0 fully saturated rings. The van der Waals surface area contributed by atoms with Crippen LogP contribution in [0.3, 0.4) is 0 Å². The molecule has 3 rings (SSSR count). The van der Waals surface area contributed by atoms with Crippen LogP contribution in [0.25, 0.3) is 10.9 Å². The molecule has 0 amide bonds. The van der Waals surface area contributed by atoms with Crippen LogP contribution in [0.15, 0.2) is 42.6 Å². The highest BCUT2D eigenvalue weighted by atomic mass is 16.5. The molecular formula is C17H19N3O. The second-order valence-corrected chi connectivity index (χ2v) is 5.25. The van der Waals surface area contributed by atoms with Crippen LogP contribution in [0.5, 0.6) is 5.75 Å². The van der Waals surface area contributed by atoms with Crippen molar-refractivity contribution >= 4 is 16.6 Å². The number of fused-ring (bicyclic) bond motifs is 1. The molecule has 2 N–H and O–H groups in total. The lowest BCUT2D eigenvalue weighted by molar-refractivity contribution is 0.408. The zero-order valence-electron chi connectivity index (χ0n) is 12.5. The Balaban J connectivity index is 1.94. The molecule has 0 aliphatic rings. The Hall–Kier alpha value is -2.49. The quantitative estimate of drug-likeness (QED) is 0.758. The summed E-state index contributed by atoms with van der Waals surface area (Å²) in [5.41, 5.74) is 4.44. The van der Waals surface area contributed by atoms with Crippen LogP contribution in [-0.2, 0) is 0 Å². The molecule has 4 nitrogen and oxygen atoms in total. The van der Waals surface area contributed by atoms with Gasteiger partial charge in [0.05, 0.1) is 30.6 Å². The van der Waals surface area contributed by atoms with E-state index in [0.29, 0.717) is 0 Å². The third-order valence-corrected chi connectivity index (χ3v) is 3.70. The molecule has 21 heavy (non-hydrogen) atoms. The van der Waals surface area contributed by atoms with Crippen LogP contribution >= 0.6 is 0 Å². The van der Waals surface area contributed by atoms with Crippen molar-refractivity contribution < 1.29 is 4.74 Å². The fraction of sp³-hybridized carbons (Fsp3) is 0.235. The van der Waals surface area contributed by atoms with E-state index in [1.807, 2.05) is 24.4 Å². The number of aryl methyl sites for hydroxylation is 1. The van der Waals surface area contributed by atoms with Gasteiger partial charge in [0.2, 0.25) is 0 Å². The summed E-state index contributed by atoms with van der Waals surface area (Å²) in [6.45, 7) is 4.22. The van der Waals surface area contributed by atoms with Gasteiger partial charge in [-0.05, 0) is 26.0 Å². The maximum atomic E-state index is 5.47. The van der Waals surface area contributed by atoms with Crippen LogP contribution in [0.1, 0.15) is 24.1 Å². The van der Waals surface area contributed by atoms with E-state index in [9.17, 15) is 0 Å². The van der Waals surface area contributed by atoms with Crippen molar-refractivity contribution in [3.05, 3.63) is 53.7 Å². The van der Waals surface area contributed by atoms with Crippen LogP contribution in [0.4, 0.5) is 5.69 Å². The minimum absolute atomic E-state index is 0.133. The van der Waals surface area contributed by atoms with Crippen molar-refractivity contribution in [2.24, 2.45) is 0 Å². The topological polar surface area (TPSA) is 49.9 Å². The lowest BCUT2D eigenvalue weighted by Crippen LogP contribution is -2.09. The molecule has 0 aliphatic carbocycles. The normalized spacial score (nSPS) is 12.3. The molecule has 1 unspecified atom stereocenters. The number of para-hydroxylation sites is 1. The van der Waals surface area contributed by atoms with Gasteiger partial charge in [0.1, 0.15) is 5.75 Å². The van der Waals surface area contributed by atoms with Gasteiger partial charge < -0.3 is 10.1 Å². The Bertz CT molecular complexity index is 764. The largest absolute Gasteiger partial charge is 0.496 e. The second kappa shape index (κ2) is 5.48. The number of benzene rings is 2. The number of rotatable bonds is 4. The van der Waals surface area contributed by atoms with E-state index in [-0.39, 0.29) is 6.04 Å². The number of methoxy groups -OCH3 is 1. The summed E-state index contributed by atoms with van der Waals surface area (Å²) in [6, 6.07) is 12.5. The standard InChI is InChI=1S/C17H19N3O/c1-11-7-8-16(21-3)14(9-11)12(2)19-15-6-4-5-13-10-18-20-17(13)15/h4-10,12,19H,1-3H3,(H,18,20). The van der Waals surface area contributed by atoms with Gasteiger partial charge in [-0.2, -0.15) is 5.10 Å². The molecule has 0 radical (unpaired) electrons. The number of aromatic amines is 1. The van der Waals surface area contributed by atoms with Gasteiger partial charge in [0, 0.05) is 10.9 Å². The Morgan fingerprint density at radius 3 is 2.90 bits per heavy atom. The van der Waals surface area contributed by atoms with Gasteiger partial charge in [0.15, 0.2) is 0 Å². The predicted octanol–water partition coefficient (Wildman–Crippen LogP) is 4.05. The van der Waals surface area contributed by atoms with E-state index < -0.39 is 0 Å². The number of hydrogen-bond donors (Lipinski definition) is 2. The maximum Gasteiger partial charge on any atom is 0.124 e. The van der Waals surface area contributed by atoms with Crippen LogP contribution in [0, 0.1) is 6.92 Å². The Morgan fingerprint density at radius 2 is 2.10 bits per heavy atom. The van der Waals surface area contributed by atoms with E-state index in [0.717, 1.165) is 27.9 Å². The average Bonchev–Trinajstić information content (AvgIpc) is 2.96. The van der Waals surface area contributed by atoms with E-state index in [4.69, 9.17) is 4.74 Å². The number of nitrogens with zero attached hydrogens (tertiary/aromatic N) is 1. The molecule has 1 heterocycles. The molecule has 0 saturated heterocycles. The molecular weight excluding hydrogens is 262 g/mol. The van der Waals surface area contributed by atoms with Crippen molar-refractivity contribution in [1.82, 2.24) is 10.2 Å². The molecule has 0 saturated carbocycles. The summed E-state index contributed by atoms with van der Waals surface area (Å²) in [6.07, 6.45) is 1.83. The monoisotopic (exact) mass is 281 g/mol. The summed E-state index contributed by atoms with van der Waals surface area (Å²) >= 11 is 0. The second-order valence-electron chi connectivity index (χ2n) is 5.25. The highest BCUT2D eigenvalue weighted by molar-refractivity contribution is 5.90. The van der Waals surface area contributed by atoms with Gasteiger partial charge in [-0.1, -0.05) is 29.8 Å². The number of anilines is 1. The maximum absolute atomic E-state index is 5.47. The molecule has 0 aliphatic heterocycles. The molecule has 108 valence electrons. The van der Waals surface area contributed by atoms with Gasteiger partial charge in [-0.3, -0.25) is 5.10 Å². The molecule has 1 atom stereocenters. The van der Waals surface area contributed by atoms with E-state index >= 15 is 0 Å². The highest BCUT2D eigenvalue weighted by Gasteiger charge is 2.13. The number of ether oxygens (including phenoxy) is 1. The third kappa shape index (κ3) is 2.57. The first kappa shape index (κ1) is 13.5. The summed E-state index contributed by atoms with van der Waals surface area (Å²) in [4.78, 5) is 0. The lowest BCUT2D eigenvalue weighted by Gasteiger charge is -2.19. The smallest absolute Gasteiger partial charge is 0.124 e. The number of H-pyrrole nitrogens is 1. The number of hydrogen-bond acceptors (Lipinski definition) is 3. The van der Waals surface area contributed by atoms with Crippen LogP contribution in [-0.4, -0.2) is 17.3 Å². The zero-order chi connectivity index (χ0) is 14.8. The molecule has 0 bridgehead atoms. The molecule has 3 aromatic rings. The third-order valence-electron chi connectivity index (χ3n) is 3.70. The number of aromatic nitrogens is 2. The molecule has 2 aromatic carbocycles. The van der Waals surface area contributed by atoms with E-state index in [1.54, 1.807) is 7.11 Å². The van der Waals surface area contributed by atoms with Crippen LogP contribution in [0.2, 0.25) is 0 Å². The van der Waals surface area contributed by atoms with Gasteiger partial charge >= 0.3 is 0 Å². The Kier molecular flexibility index (Phi) is 3.52. The van der Waals surface area contributed by atoms with E-state index in [2.05, 4.69) is 47.6 Å². The fourth-order valence-electron chi connectivity index (χ4n) is 2.59. The highest BCUT2D eigenvalue weighted by Crippen LogP contribution is 2.30. The summed E-state index contributed by atoms with van der Waals surface area (Å²) in [5, 5.41) is 11.8. The zero-order valence-corrected chi connectivity index (χ0v) is 12.5. The van der Waals surface area contributed by atoms with Gasteiger partial charge in [0.25, 0.3) is 0 Å². The summed E-state index contributed by atoms with van der Waals surface area (Å²) in [7, 11) is 1.70. The van der Waals surface area contributed by atoms with Crippen molar-refractivity contribution in [2.75, 3.05) is 12.4 Å². The van der Waals surface area contributed by atoms with Crippen molar-refractivity contribution in [1.29, 1.82) is 0 Å². The minimum atomic E-state index is 0.133. The predicted molar refractivity (Wildman–Crippen MR) is 85.9 cm³/mol. The average molecular weight is 281 g/mol. The number of nitrogens with one attached hydrogen (secondary N) is 2. The fourth-order valence-corrected chi connectivity index (χ4v) is 2.59. The minimum Gasteiger partial charge on any atom is -0.496 e. The first-order chi connectivity index (χ1) is 10.2. The van der Waals surface area contributed by atoms with Gasteiger partial charge in [-0.15, -0.1) is 0 Å². The summed E-state index contributed by atoms with van der Waals surface area (Å²) in [5.74, 6) is 0.900. The first-order valence-electron chi connectivity index (χ1n) is 7.02. The molecule has 0 spiro atoms.